The molecule has 0 aliphatic heterocycles. The summed E-state index contributed by atoms with van der Waals surface area (Å²) in [5.74, 6) is 2.68. The van der Waals surface area contributed by atoms with Gasteiger partial charge in [0.15, 0.2) is 0 Å². The Hall–Kier alpha value is -0.850. The summed E-state index contributed by atoms with van der Waals surface area (Å²) in [4.78, 5) is 0. The lowest BCUT2D eigenvalue weighted by molar-refractivity contribution is -0.175. The maximum Gasteiger partial charge on any atom is 0.0911 e. The van der Waals surface area contributed by atoms with Gasteiger partial charge in [0.25, 0.3) is 0 Å². The van der Waals surface area contributed by atoms with Crippen LogP contribution in [0.15, 0.2) is 11.6 Å². The number of fused-ring (bicyclic) bond motifs is 5. The van der Waals surface area contributed by atoms with Crippen LogP contribution in [0.1, 0.15) is 65.2 Å². The largest absolute Gasteiger partial charge is 0.393 e. The molecule has 4 fully saturated rings. The number of ether oxygens (including phenoxy) is 1. The highest BCUT2D eigenvalue weighted by Gasteiger charge is 2.62. The molecule has 0 heterocycles. The highest BCUT2D eigenvalue weighted by atomic mass is 16.5. The molecule has 138 valence electrons. The molecular formula is C22H33NO2. The fraction of sp³-hybridized carbons (Fsp3) is 0.864. The van der Waals surface area contributed by atoms with Crippen molar-refractivity contribution in [2.75, 3.05) is 7.11 Å². The lowest BCUT2D eigenvalue weighted by Crippen LogP contribution is -2.58. The van der Waals surface area contributed by atoms with E-state index in [1.807, 2.05) is 13.2 Å². The first-order valence-electron chi connectivity index (χ1n) is 10.2. The molecule has 3 unspecified atom stereocenters. The van der Waals surface area contributed by atoms with E-state index in [1.165, 1.54) is 24.8 Å². The first-order valence-corrected chi connectivity index (χ1v) is 10.2. The highest BCUT2D eigenvalue weighted by molar-refractivity contribution is 5.29. The van der Waals surface area contributed by atoms with E-state index in [0.717, 1.165) is 32.1 Å². The third-order valence-electron chi connectivity index (χ3n) is 8.94. The predicted octanol–water partition coefficient (Wildman–Crippen LogP) is 4.46. The standard InChI is InChI=1S/C22H33NO2/c1-21-10-8-16(24)12-15(21)4-6-17-18-7-5-14(9-11-23)22(18,2)13-19(25-3)20(17)21/h9,15-20,24H,4-8,10,12-13H2,1-3H3/b14-9-/t15-,16+,17?,18-,19-,20+,21?,22?/m0/s1. The Morgan fingerprint density at radius 2 is 2.04 bits per heavy atom. The van der Waals surface area contributed by atoms with Gasteiger partial charge in [-0.25, -0.2) is 0 Å². The Labute approximate surface area is 152 Å². The number of methoxy groups -OCH3 is 1. The second-order valence-corrected chi connectivity index (χ2v) is 9.74. The third-order valence-corrected chi connectivity index (χ3v) is 8.94. The maximum atomic E-state index is 10.2. The Bertz CT molecular complexity index is 608. The zero-order valence-electron chi connectivity index (χ0n) is 16.0. The molecule has 0 saturated heterocycles. The topological polar surface area (TPSA) is 53.2 Å². The molecule has 0 spiro atoms. The Morgan fingerprint density at radius 1 is 1.24 bits per heavy atom. The zero-order chi connectivity index (χ0) is 17.8. The Kier molecular flexibility index (Phi) is 4.28. The van der Waals surface area contributed by atoms with Crippen LogP contribution in [0.5, 0.6) is 0 Å². The first kappa shape index (κ1) is 17.6. The number of nitriles is 1. The Morgan fingerprint density at radius 3 is 2.76 bits per heavy atom. The number of hydrogen-bond donors (Lipinski definition) is 1. The molecule has 0 radical (unpaired) electrons. The SMILES string of the molecule is CO[C@H]1CC2(C)/C(=C\C#N)CC[C@H]2C2CC[C@H]3C[C@H](O)CCC3(C)[C@H]21. The van der Waals surface area contributed by atoms with E-state index in [1.54, 1.807) is 0 Å². The molecular weight excluding hydrogens is 310 g/mol. The molecule has 0 amide bonds. The quantitative estimate of drug-likeness (QED) is 0.715. The fourth-order valence-electron chi connectivity index (χ4n) is 7.71. The van der Waals surface area contributed by atoms with E-state index in [9.17, 15) is 10.4 Å². The summed E-state index contributed by atoms with van der Waals surface area (Å²) in [5, 5.41) is 19.4. The van der Waals surface area contributed by atoms with Crippen LogP contribution in [-0.2, 0) is 4.74 Å². The minimum atomic E-state index is -0.0962. The summed E-state index contributed by atoms with van der Waals surface area (Å²) in [7, 11) is 1.89. The molecule has 8 atom stereocenters. The number of nitrogens with zero attached hydrogens (tertiary/aromatic N) is 1. The van der Waals surface area contributed by atoms with Crippen molar-refractivity contribution in [1.29, 1.82) is 5.26 Å². The predicted molar refractivity (Wildman–Crippen MR) is 97.6 cm³/mol. The van der Waals surface area contributed by atoms with Crippen LogP contribution >= 0.6 is 0 Å². The molecule has 0 bridgehead atoms. The van der Waals surface area contributed by atoms with Gasteiger partial charge in [0, 0.05) is 13.2 Å². The fourth-order valence-corrected chi connectivity index (χ4v) is 7.71. The summed E-state index contributed by atoms with van der Waals surface area (Å²) in [6.07, 6.45) is 11.0. The van der Waals surface area contributed by atoms with Gasteiger partial charge in [-0.05, 0) is 85.9 Å². The van der Waals surface area contributed by atoms with Crippen LogP contribution in [0, 0.1) is 45.8 Å². The normalized spacial score (nSPS) is 53.6. The summed E-state index contributed by atoms with van der Waals surface area (Å²) >= 11 is 0. The van der Waals surface area contributed by atoms with Crippen molar-refractivity contribution in [1.82, 2.24) is 0 Å². The first-order chi connectivity index (χ1) is 11.9. The molecule has 1 N–H and O–H groups in total. The highest BCUT2D eigenvalue weighted by Crippen LogP contribution is 2.67. The minimum Gasteiger partial charge on any atom is -0.393 e. The van der Waals surface area contributed by atoms with Crippen LogP contribution in [0.4, 0.5) is 0 Å². The average molecular weight is 344 g/mol. The van der Waals surface area contributed by atoms with Gasteiger partial charge >= 0.3 is 0 Å². The number of allylic oxidation sites excluding steroid dienone is 2. The molecule has 3 heteroatoms. The molecule has 0 aromatic heterocycles. The van der Waals surface area contributed by atoms with E-state index < -0.39 is 0 Å². The van der Waals surface area contributed by atoms with E-state index in [4.69, 9.17) is 4.74 Å². The molecule has 25 heavy (non-hydrogen) atoms. The molecule has 4 aliphatic carbocycles. The van der Waals surface area contributed by atoms with Gasteiger partial charge in [0.2, 0.25) is 0 Å². The van der Waals surface area contributed by atoms with Crippen molar-refractivity contribution in [3.05, 3.63) is 11.6 Å². The molecule has 4 rings (SSSR count). The number of aliphatic hydroxyl groups is 1. The summed E-state index contributed by atoms with van der Waals surface area (Å²) in [6.45, 7) is 4.89. The van der Waals surface area contributed by atoms with Gasteiger partial charge in [0.1, 0.15) is 0 Å². The lowest BCUT2D eigenvalue weighted by Gasteiger charge is -2.62. The molecule has 3 nitrogen and oxygen atoms in total. The van der Waals surface area contributed by atoms with E-state index in [0.29, 0.717) is 29.1 Å². The lowest BCUT2D eigenvalue weighted by atomic mass is 9.44. The second kappa shape index (κ2) is 6.10. The maximum absolute atomic E-state index is 10.2. The third kappa shape index (κ3) is 2.44. The summed E-state index contributed by atoms with van der Waals surface area (Å²) in [5.41, 5.74) is 1.83. The smallest absolute Gasteiger partial charge is 0.0911 e. The van der Waals surface area contributed by atoms with Crippen LogP contribution in [0.2, 0.25) is 0 Å². The van der Waals surface area contributed by atoms with Crippen LogP contribution < -0.4 is 0 Å². The number of hydrogen-bond acceptors (Lipinski definition) is 3. The monoisotopic (exact) mass is 343 g/mol. The number of rotatable bonds is 1. The van der Waals surface area contributed by atoms with Crippen molar-refractivity contribution >= 4 is 0 Å². The van der Waals surface area contributed by atoms with Crippen LogP contribution in [0.3, 0.4) is 0 Å². The van der Waals surface area contributed by atoms with Gasteiger partial charge < -0.3 is 9.84 Å². The summed E-state index contributed by atoms with van der Waals surface area (Å²) < 4.78 is 6.13. The van der Waals surface area contributed by atoms with E-state index in [-0.39, 0.29) is 17.6 Å². The van der Waals surface area contributed by atoms with Gasteiger partial charge in [-0.3, -0.25) is 0 Å². The van der Waals surface area contributed by atoms with Gasteiger partial charge in [-0.15, -0.1) is 0 Å². The van der Waals surface area contributed by atoms with Crippen molar-refractivity contribution in [3.63, 3.8) is 0 Å². The molecule has 4 saturated carbocycles. The van der Waals surface area contributed by atoms with Crippen LogP contribution in [-0.4, -0.2) is 24.4 Å². The van der Waals surface area contributed by atoms with Crippen LogP contribution in [0.25, 0.3) is 0 Å². The van der Waals surface area contributed by atoms with E-state index >= 15 is 0 Å². The number of aliphatic hydroxyl groups excluding tert-OH is 1. The van der Waals surface area contributed by atoms with Crippen molar-refractivity contribution in [2.24, 2.45) is 34.5 Å². The van der Waals surface area contributed by atoms with E-state index in [2.05, 4.69) is 19.9 Å². The average Bonchev–Trinajstić information content (AvgIpc) is 2.91. The minimum absolute atomic E-state index is 0.0962. The Balaban J connectivity index is 1.71. The summed E-state index contributed by atoms with van der Waals surface area (Å²) in [6, 6.07) is 2.30. The molecule has 4 aliphatic rings. The van der Waals surface area contributed by atoms with Gasteiger partial charge in [-0.1, -0.05) is 19.4 Å². The zero-order valence-corrected chi connectivity index (χ0v) is 16.0. The van der Waals surface area contributed by atoms with Crippen molar-refractivity contribution in [3.8, 4) is 6.07 Å². The van der Waals surface area contributed by atoms with Gasteiger partial charge in [0.05, 0.1) is 18.3 Å². The molecule has 0 aromatic carbocycles. The molecule has 0 aromatic rings. The second-order valence-electron chi connectivity index (χ2n) is 9.74. The van der Waals surface area contributed by atoms with Gasteiger partial charge in [-0.2, -0.15) is 5.26 Å². The van der Waals surface area contributed by atoms with Crippen molar-refractivity contribution < 1.29 is 9.84 Å². The van der Waals surface area contributed by atoms with Crippen molar-refractivity contribution in [2.45, 2.75) is 77.4 Å².